The van der Waals surface area contributed by atoms with Gasteiger partial charge in [-0.15, -0.1) is 0 Å². The van der Waals surface area contributed by atoms with E-state index < -0.39 is 5.82 Å². The number of piperidine rings is 1. The molecule has 0 unspecified atom stereocenters. The van der Waals surface area contributed by atoms with Crippen LogP contribution in [0.25, 0.3) is 0 Å². The maximum absolute atomic E-state index is 14.0. The molecular weight excluding hydrogens is 285 g/mol. The number of nitrogens with two attached hydrogens (primary N) is 1. The van der Waals surface area contributed by atoms with Crippen LogP contribution in [0.2, 0.25) is 0 Å². The second-order valence-corrected chi connectivity index (χ2v) is 6.04. The third kappa shape index (κ3) is 3.21. The molecule has 0 aromatic heterocycles. The monoisotopic (exact) mass is 307 g/mol. The van der Waals surface area contributed by atoms with E-state index >= 15 is 0 Å². The van der Waals surface area contributed by atoms with Crippen LogP contribution in [-0.2, 0) is 4.79 Å². The molecule has 0 aliphatic carbocycles. The highest BCUT2D eigenvalue weighted by atomic mass is 19.1. The quantitative estimate of drug-likeness (QED) is 0.922. The summed E-state index contributed by atoms with van der Waals surface area (Å²) in [5.41, 5.74) is 6.07. The van der Waals surface area contributed by atoms with Crippen LogP contribution in [0.5, 0.6) is 0 Å². The van der Waals surface area contributed by atoms with E-state index in [4.69, 9.17) is 5.73 Å². The molecule has 0 bridgehead atoms. The Morgan fingerprint density at radius 3 is 2.55 bits per heavy atom. The maximum atomic E-state index is 14.0. The first kappa shape index (κ1) is 16.3. The summed E-state index contributed by atoms with van der Waals surface area (Å²) in [5.74, 6) is -1.42. The number of rotatable bonds is 3. The van der Waals surface area contributed by atoms with Crippen LogP contribution in [0.3, 0.4) is 0 Å². The number of likely N-dealkylation sites (tertiary alicyclic amines) is 1. The van der Waals surface area contributed by atoms with Gasteiger partial charge < -0.3 is 15.5 Å². The molecule has 1 aromatic rings. The Labute approximate surface area is 129 Å². The standard InChI is InChI=1S/C16H22FN3O2/c1-10-4-5-12(15(18)21)9-20(10)16(22)11-6-7-14(19(2)3)13(17)8-11/h6-8,10,12H,4-5,9H2,1-3H3,(H2,18,21)/t10-,12-/m0/s1. The fourth-order valence-electron chi connectivity index (χ4n) is 2.79. The average Bonchev–Trinajstić information content (AvgIpc) is 2.46. The van der Waals surface area contributed by atoms with Crippen molar-refractivity contribution in [1.82, 2.24) is 4.90 Å². The Kier molecular flexibility index (Phi) is 4.68. The van der Waals surface area contributed by atoms with Gasteiger partial charge in [0.15, 0.2) is 0 Å². The van der Waals surface area contributed by atoms with Crippen molar-refractivity contribution in [2.75, 3.05) is 25.5 Å². The number of hydrogen-bond acceptors (Lipinski definition) is 3. The average molecular weight is 307 g/mol. The van der Waals surface area contributed by atoms with Crippen LogP contribution in [0.4, 0.5) is 10.1 Å². The molecule has 1 fully saturated rings. The summed E-state index contributed by atoms with van der Waals surface area (Å²) in [6.45, 7) is 2.23. The Hall–Kier alpha value is -2.11. The molecule has 2 N–H and O–H groups in total. The topological polar surface area (TPSA) is 66.6 Å². The smallest absolute Gasteiger partial charge is 0.254 e. The van der Waals surface area contributed by atoms with Gasteiger partial charge in [-0.25, -0.2) is 4.39 Å². The van der Waals surface area contributed by atoms with Gasteiger partial charge in [-0.05, 0) is 38.0 Å². The van der Waals surface area contributed by atoms with Crippen LogP contribution in [-0.4, -0.2) is 43.4 Å². The zero-order valence-corrected chi connectivity index (χ0v) is 13.2. The highest BCUT2D eigenvalue weighted by Gasteiger charge is 2.32. The number of hydrogen-bond donors (Lipinski definition) is 1. The minimum Gasteiger partial charge on any atom is -0.375 e. The van der Waals surface area contributed by atoms with Crippen molar-refractivity contribution >= 4 is 17.5 Å². The van der Waals surface area contributed by atoms with Crippen molar-refractivity contribution in [2.24, 2.45) is 11.7 Å². The zero-order chi connectivity index (χ0) is 16.4. The maximum Gasteiger partial charge on any atom is 0.254 e. The SMILES string of the molecule is C[C@H]1CC[C@H](C(N)=O)CN1C(=O)c1ccc(N(C)C)c(F)c1. The molecule has 5 nitrogen and oxygen atoms in total. The molecule has 1 aliphatic heterocycles. The predicted octanol–water partition coefficient (Wildman–Crippen LogP) is 1.62. The van der Waals surface area contributed by atoms with Crippen LogP contribution in [0.1, 0.15) is 30.1 Å². The van der Waals surface area contributed by atoms with Crippen molar-refractivity contribution in [2.45, 2.75) is 25.8 Å². The Morgan fingerprint density at radius 1 is 1.32 bits per heavy atom. The summed E-state index contributed by atoms with van der Waals surface area (Å²) < 4.78 is 14.0. The largest absolute Gasteiger partial charge is 0.375 e. The first-order valence-electron chi connectivity index (χ1n) is 7.38. The minimum absolute atomic E-state index is 0.0136. The molecule has 22 heavy (non-hydrogen) atoms. The summed E-state index contributed by atoms with van der Waals surface area (Å²) in [7, 11) is 3.48. The van der Waals surface area contributed by atoms with E-state index in [1.165, 1.54) is 6.07 Å². The van der Waals surface area contributed by atoms with Crippen molar-refractivity contribution in [3.05, 3.63) is 29.6 Å². The van der Waals surface area contributed by atoms with E-state index in [0.717, 1.165) is 6.42 Å². The van der Waals surface area contributed by atoms with Gasteiger partial charge in [-0.3, -0.25) is 9.59 Å². The van der Waals surface area contributed by atoms with Gasteiger partial charge in [0.1, 0.15) is 5.82 Å². The van der Waals surface area contributed by atoms with Crippen molar-refractivity contribution in [3.8, 4) is 0 Å². The fraction of sp³-hybridized carbons (Fsp3) is 0.500. The van der Waals surface area contributed by atoms with Crippen molar-refractivity contribution in [1.29, 1.82) is 0 Å². The van der Waals surface area contributed by atoms with Gasteiger partial charge in [-0.2, -0.15) is 0 Å². The molecule has 0 spiro atoms. The lowest BCUT2D eigenvalue weighted by atomic mass is 9.92. The second kappa shape index (κ2) is 6.34. The molecule has 1 saturated heterocycles. The number of carbonyl (C=O) groups excluding carboxylic acids is 2. The number of nitrogens with zero attached hydrogens (tertiary/aromatic N) is 2. The molecule has 2 rings (SSSR count). The van der Waals surface area contributed by atoms with E-state index in [9.17, 15) is 14.0 Å². The predicted molar refractivity (Wildman–Crippen MR) is 83.1 cm³/mol. The highest BCUT2D eigenvalue weighted by Crippen LogP contribution is 2.25. The molecule has 120 valence electrons. The number of benzene rings is 1. The molecular formula is C16H22FN3O2. The first-order valence-corrected chi connectivity index (χ1v) is 7.38. The van der Waals surface area contributed by atoms with E-state index in [-0.39, 0.29) is 23.8 Å². The van der Waals surface area contributed by atoms with Crippen LogP contribution in [0.15, 0.2) is 18.2 Å². The fourth-order valence-corrected chi connectivity index (χ4v) is 2.79. The zero-order valence-electron chi connectivity index (χ0n) is 13.2. The Bertz CT molecular complexity index is 589. The van der Waals surface area contributed by atoms with Gasteiger partial charge in [0.05, 0.1) is 11.6 Å². The number of halogens is 1. The van der Waals surface area contributed by atoms with Crippen molar-refractivity contribution in [3.63, 3.8) is 0 Å². The lowest BCUT2D eigenvalue weighted by Crippen LogP contribution is -2.48. The van der Waals surface area contributed by atoms with Gasteiger partial charge in [-0.1, -0.05) is 0 Å². The van der Waals surface area contributed by atoms with Crippen LogP contribution in [0, 0.1) is 11.7 Å². The van der Waals surface area contributed by atoms with Gasteiger partial charge >= 0.3 is 0 Å². The van der Waals surface area contributed by atoms with Gasteiger partial charge in [0, 0.05) is 32.2 Å². The molecule has 1 heterocycles. The molecule has 0 radical (unpaired) electrons. The lowest BCUT2D eigenvalue weighted by molar-refractivity contribution is -0.123. The third-order valence-electron chi connectivity index (χ3n) is 4.22. The van der Waals surface area contributed by atoms with E-state index in [1.807, 2.05) is 6.92 Å². The summed E-state index contributed by atoms with van der Waals surface area (Å²) >= 11 is 0. The molecule has 2 atom stereocenters. The Morgan fingerprint density at radius 2 is 2.00 bits per heavy atom. The summed E-state index contributed by atoms with van der Waals surface area (Å²) in [6.07, 6.45) is 1.41. The van der Waals surface area contributed by atoms with E-state index in [2.05, 4.69) is 0 Å². The minimum atomic E-state index is -0.438. The number of primary amides is 1. The summed E-state index contributed by atoms with van der Waals surface area (Å²) in [5, 5.41) is 0. The number of anilines is 1. The van der Waals surface area contributed by atoms with Crippen LogP contribution < -0.4 is 10.6 Å². The normalized spacial score (nSPS) is 21.5. The van der Waals surface area contributed by atoms with Crippen LogP contribution >= 0.6 is 0 Å². The van der Waals surface area contributed by atoms with Gasteiger partial charge in [0.25, 0.3) is 5.91 Å². The number of carbonyl (C=O) groups is 2. The highest BCUT2D eigenvalue weighted by molar-refractivity contribution is 5.95. The lowest BCUT2D eigenvalue weighted by Gasteiger charge is -2.37. The van der Waals surface area contributed by atoms with Gasteiger partial charge in [0.2, 0.25) is 5.91 Å². The van der Waals surface area contributed by atoms with E-state index in [0.29, 0.717) is 24.2 Å². The van der Waals surface area contributed by atoms with Crippen molar-refractivity contribution < 1.29 is 14.0 Å². The molecule has 6 heteroatoms. The Balaban J connectivity index is 2.23. The number of amides is 2. The second-order valence-electron chi connectivity index (χ2n) is 6.04. The summed E-state index contributed by atoms with van der Waals surface area (Å²) in [6, 6.07) is 4.46. The molecule has 1 aliphatic rings. The first-order chi connectivity index (χ1) is 10.3. The van der Waals surface area contributed by atoms with E-state index in [1.54, 1.807) is 36.0 Å². The third-order valence-corrected chi connectivity index (χ3v) is 4.22. The summed E-state index contributed by atoms with van der Waals surface area (Å²) in [4.78, 5) is 27.2. The molecule has 1 aromatic carbocycles. The molecule has 0 saturated carbocycles. The molecule has 2 amide bonds.